The van der Waals surface area contributed by atoms with Gasteiger partial charge in [0.05, 0.1) is 12.6 Å². The number of imidazole rings is 1. The van der Waals surface area contributed by atoms with Gasteiger partial charge >= 0.3 is 0 Å². The number of methoxy groups -OCH3 is 1. The lowest BCUT2D eigenvalue weighted by Gasteiger charge is -1.98. The third-order valence-electron chi connectivity index (χ3n) is 3.52. The van der Waals surface area contributed by atoms with E-state index in [4.69, 9.17) is 9.72 Å². The number of aryl methyl sites for hydroxylation is 1. The summed E-state index contributed by atoms with van der Waals surface area (Å²) in [6, 6.07) is 10.2. The minimum Gasteiger partial charge on any atom is -0.497 e. The highest BCUT2D eigenvalue weighted by atomic mass is 16.5. The quantitative estimate of drug-likeness (QED) is 0.564. The largest absolute Gasteiger partial charge is 0.497 e. The number of nitrogens with zero attached hydrogens (tertiary/aromatic N) is 2. The molecule has 0 saturated heterocycles. The maximum absolute atomic E-state index is 5.25. The van der Waals surface area contributed by atoms with Crippen LogP contribution in [0, 0.1) is 6.92 Å². The molecule has 0 fully saturated rings. The average Bonchev–Trinajstić information content (AvgIpc) is 2.92. The Kier molecular flexibility index (Phi) is 1.93. The molecule has 19 heavy (non-hydrogen) atoms. The molecule has 4 heteroatoms. The first-order chi connectivity index (χ1) is 9.26. The van der Waals surface area contributed by atoms with Crippen LogP contribution in [0.25, 0.3) is 27.7 Å². The van der Waals surface area contributed by atoms with Gasteiger partial charge in [0, 0.05) is 17.6 Å². The number of H-pyrrole nitrogens is 1. The Bertz CT molecular complexity index is 917. The van der Waals surface area contributed by atoms with E-state index in [2.05, 4.69) is 28.4 Å². The van der Waals surface area contributed by atoms with Crippen LogP contribution in [0.2, 0.25) is 0 Å². The van der Waals surface area contributed by atoms with Gasteiger partial charge in [-0.1, -0.05) is 0 Å². The van der Waals surface area contributed by atoms with Crippen molar-refractivity contribution in [3.8, 4) is 5.75 Å². The highest BCUT2D eigenvalue weighted by molar-refractivity contribution is 6.05. The van der Waals surface area contributed by atoms with Crippen molar-refractivity contribution in [1.29, 1.82) is 0 Å². The fourth-order valence-corrected chi connectivity index (χ4v) is 2.54. The van der Waals surface area contributed by atoms with E-state index in [1.165, 1.54) is 5.56 Å². The van der Waals surface area contributed by atoms with Crippen molar-refractivity contribution in [2.24, 2.45) is 0 Å². The van der Waals surface area contributed by atoms with Crippen molar-refractivity contribution in [1.82, 2.24) is 14.4 Å². The van der Waals surface area contributed by atoms with Crippen LogP contribution in [0.3, 0.4) is 0 Å². The summed E-state index contributed by atoms with van der Waals surface area (Å²) >= 11 is 0. The average molecular weight is 251 g/mol. The van der Waals surface area contributed by atoms with Crippen LogP contribution in [0.4, 0.5) is 0 Å². The molecule has 4 rings (SSSR count). The zero-order chi connectivity index (χ0) is 13.0. The number of fused-ring (bicyclic) bond motifs is 5. The summed E-state index contributed by atoms with van der Waals surface area (Å²) in [5.74, 6) is 0.849. The molecule has 3 aromatic heterocycles. The minimum atomic E-state index is 0.849. The number of hydrogen-bond donors (Lipinski definition) is 1. The molecule has 0 aliphatic rings. The van der Waals surface area contributed by atoms with Crippen molar-refractivity contribution in [3.05, 3.63) is 42.1 Å². The lowest BCUT2D eigenvalue weighted by molar-refractivity contribution is 0.415. The Hall–Kier alpha value is -2.49. The van der Waals surface area contributed by atoms with Gasteiger partial charge in [0.15, 0.2) is 0 Å². The summed E-state index contributed by atoms with van der Waals surface area (Å²) in [6.07, 6.45) is 2.05. The molecule has 0 atom stereocenters. The van der Waals surface area contributed by atoms with E-state index in [1.54, 1.807) is 7.11 Å². The Morgan fingerprint density at radius 2 is 2.11 bits per heavy atom. The third kappa shape index (κ3) is 1.37. The number of pyridine rings is 1. The van der Waals surface area contributed by atoms with E-state index in [1.807, 2.05) is 24.4 Å². The summed E-state index contributed by atoms with van der Waals surface area (Å²) in [5.41, 5.74) is 5.26. The smallest absolute Gasteiger partial charge is 0.143 e. The van der Waals surface area contributed by atoms with Gasteiger partial charge in [-0.25, -0.2) is 4.98 Å². The second-order valence-electron chi connectivity index (χ2n) is 4.78. The van der Waals surface area contributed by atoms with Gasteiger partial charge in [-0.05, 0) is 36.8 Å². The molecule has 3 heterocycles. The molecule has 0 aliphatic carbocycles. The predicted molar refractivity (Wildman–Crippen MR) is 75.8 cm³/mol. The van der Waals surface area contributed by atoms with Crippen molar-refractivity contribution in [3.63, 3.8) is 0 Å². The maximum Gasteiger partial charge on any atom is 0.143 e. The van der Waals surface area contributed by atoms with Crippen molar-refractivity contribution < 1.29 is 4.74 Å². The minimum absolute atomic E-state index is 0.849. The van der Waals surface area contributed by atoms with Crippen LogP contribution in [-0.2, 0) is 0 Å². The number of aromatic nitrogens is 3. The van der Waals surface area contributed by atoms with Crippen LogP contribution in [-0.4, -0.2) is 21.5 Å². The second kappa shape index (κ2) is 3.51. The van der Waals surface area contributed by atoms with Gasteiger partial charge in [0.2, 0.25) is 0 Å². The lowest BCUT2D eigenvalue weighted by atomic mass is 10.2. The number of hydrogen-bond acceptors (Lipinski definition) is 2. The molecular formula is C15H13N3O. The molecule has 0 aliphatic heterocycles. The molecule has 0 amide bonds. The topological polar surface area (TPSA) is 42.3 Å². The Balaban J connectivity index is 2.15. The van der Waals surface area contributed by atoms with Gasteiger partial charge in [-0.3, -0.25) is 4.40 Å². The molecule has 1 N–H and O–H groups in total. The first kappa shape index (κ1) is 10.4. The fourth-order valence-electron chi connectivity index (χ4n) is 2.54. The normalized spacial score (nSPS) is 11.7. The number of benzene rings is 1. The number of rotatable bonds is 1. The number of ether oxygens (including phenoxy) is 1. The Morgan fingerprint density at radius 3 is 2.95 bits per heavy atom. The van der Waals surface area contributed by atoms with E-state index < -0.39 is 0 Å². The third-order valence-corrected chi connectivity index (χ3v) is 3.52. The number of aromatic amines is 1. The van der Waals surface area contributed by atoms with E-state index in [0.29, 0.717) is 0 Å². The lowest BCUT2D eigenvalue weighted by Crippen LogP contribution is -1.86. The maximum atomic E-state index is 5.25. The van der Waals surface area contributed by atoms with Gasteiger partial charge in [0.25, 0.3) is 0 Å². The summed E-state index contributed by atoms with van der Waals surface area (Å²) in [6.45, 7) is 2.08. The molecule has 0 unspecified atom stereocenters. The van der Waals surface area contributed by atoms with Crippen molar-refractivity contribution in [2.45, 2.75) is 6.92 Å². The standard InChI is InChI=1S/C15H13N3O/c1-9-5-6-18-13(7-9)17-14-11-4-3-10(19-2)8-12(11)16-15(14)18/h3-8,16H,1-2H3. The van der Waals surface area contributed by atoms with E-state index >= 15 is 0 Å². The first-order valence-electron chi connectivity index (χ1n) is 6.20. The van der Waals surface area contributed by atoms with Gasteiger partial charge in [0.1, 0.15) is 22.6 Å². The van der Waals surface area contributed by atoms with Crippen LogP contribution < -0.4 is 4.74 Å². The second-order valence-corrected chi connectivity index (χ2v) is 4.78. The van der Waals surface area contributed by atoms with Gasteiger partial charge < -0.3 is 9.72 Å². The van der Waals surface area contributed by atoms with E-state index in [9.17, 15) is 0 Å². The fraction of sp³-hybridized carbons (Fsp3) is 0.133. The summed E-state index contributed by atoms with van der Waals surface area (Å²) in [4.78, 5) is 8.13. The first-order valence-corrected chi connectivity index (χ1v) is 6.20. The molecule has 94 valence electrons. The van der Waals surface area contributed by atoms with Crippen LogP contribution in [0.15, 0.2) is 36.5 Å². The Morgan fingerprint density at radius 1 is 1.21 bits per heavy atom. The van der Waals surface area contributed by atoms with E-state index in [0.717, 1.165) is 33.5 Å². The van der Waals surface area contributed by atoms with Crippen LogP contribution in [0.1, 0.15) is 5.56 Å². The van der Waals surface area contributed by atoms with Gasteiger partial charge in [-0.2, -0.15) is 0 Å². The molecular weight excluding hydrogens is 238 g/mol. The summed E-state index contributed by atoms with van der Waals surface area (Å²) < 4.78 is 7.33. The highest BCUT2D eigenvalue weighted by Crippen LogP contribution is 2.28. The molecule has 4 nitrogen and oxygen atoms in total. The monoisotopic (exact) mass is 251 g/mol. The zero-order valence-corrected chi connectivity index (χ0v) is 10.8. The zero-order valence-electron chi connectivity index (χ0n) is 10.8. The molecule has 0 saturated carbocycles. The van der Waals surface area contributed by atoms with Crippen molar-refractivity contribution in [2.75, 3.05) is 7.11 Å². The Labute approximate surface area is 109 Å². The summed E-state index contributed by atoms with van der Waals surface area (Å²) in [5, 5.41) is 1.12. The molecule has 0 spiro atoms. The summed E-state index contributed by atoms with van der Waals surface area (Å²) in [7, 11) is 1.68. The highest BCUT2D eigenvalue weighted by Gasteiger charge is 2.11. The van der Waals surface area contributed by atoms with Crippen LogP contribution >= 0.6 is 0 Å². The number of nitrogens with one attached hydrogen (secondary N) is 1. The van der Waals surface area contributed by atoms with Crippen LogP contribution in [0.5, 0.6) is 5.75 Å². The molecule has 0 bridgehead atoms. The van der Waals surface area contributed by atoms with E-state index in [-0.39, 0.29) is 0 Å². The molecule has 1 aromatic carbocycles. The molecule has 4 aromatic rings. The SMILES string of the molecule is COc1ccc2c(c1)[nH]c1c2nc2cc(C)ccn21. The van der Waals surface area contributed by atoms with Gasteiger partial charge in [-0.15, -0.1) is 0 Å². The van der Waals surface area contributed by atoms with Crippen molar-refractivity contribution >= 4 is 27.7 Å². The predicted octanol–water partition coefficient (Wildman–Crippen LogP) is 3.29. The molecule has 0 radical (unpaired) electrons.